The fourth-order valence-electron chi connectivity index (χ4n) is 3.82. The van der Waals surface area contributed by atoms with Gasteiger partial charge in [-0.1, -0.05) is 12.5 Å². The molecule has 2 aliphatic heterocycles. The van der Waals surface area contributed by atoms with Gasteiger partial charge in [-0.15, -0.1) is 6.58 Å². The van der Waals surface area contributed by atoms with Crippen LogP contribution in [0.1, 0.15) is 88.6 Å². The molecular formula is C30H43I2O8+. The Morgan fingerprint density at radius 3 is 2.02 bits per heavy atom. The van der Waals surface area contributed by atoms with Crippen LogP contribution in [0.5, 0.6) is 0 Å². The van der Waals surface area contributed by atoms with E-state index < -0.39 is 5.60 Å². The first kappa shape index (κ1) is 36.6. The molecule has 0 aromatic carbocycles. The van der Waals surface area contributed by atoms with Crippen molar-refractivity contribution in [1.29, 1.82) is 0 Å². The van der Waals surface area contributed by atoms with E-state index in [0.29, 0.717) is 31.5 Å². The maximum atomic E-state index is 9.82. The highest BCUT2D eigenvalue weighted by Crippen LogP contribution is 2.34. The number of ether oxygens (including phenoxy) is 2. The van der Waals surface area contributed by atoms with Crippen LogP contribution < -0.4 is 0 Å². The summed E-state index contributed by atoms with van der Waals surface area (Å²) in [6.07, 6.45) is 9.89. The van der Waals surface area contributed by atoms with Gasteiger partial charge >= 0.3 is 1.43 Å². The topological polar surface area (TPSA) is 115 Å². The first-order valence-electron chi connectivity index (χ1n) is 13.1. The third-order valence-electron chi connectivity index (χ3n) is 6.05. The lowest BCUT2D eigenvalue weighted by Crippen LogP contribution is -2.34. The van der Waals surface area contributed by atoms with E-state index in [1.807, 2.05) is 38.1 Å². The van der Waals surface area contributed by atoms with Crippen molar-refractivity contribution in [2.75, 3.05) is 19.8 Å². The zero-order chi connectivity index (χ0) is 29.8. The molecule has 2 aliphatic rings. The maximum absolute atomic E-state index is 9.82. The van der Waals surface area contributed by atoms with Crippen LogP contribution in [-0.2, 0) is 9.47 Å². The Morgan fingerprint density at radius 2 is 1.62 bits per heavy atom. The van der Waals surface area contributed by atoms with Crippen LogP contribution in [0.4, 0.5) is 0 Å². The van der Waals surface area contributed by atoms with Gasteiger partial charge in [-0.25, -0.2) is 0 Å². The minimum atomic E-state index is -0.615. The first-order chi connectivity index (χ1) is 19.2. The van der Waals surface area contributed by atoms with E-state index in [4.69, 9.17) is 23.4 Å². The van der Waals surface area contributed by atoms with E-state index in [1.54, 1.807) is 24.7 Å². The molecule has 224 valence electrons. The van der Waals surface area contributed by atoms with Gasteiger partial charge in [0.2, 0.25) is 0 Å². The number of aldehydes is 1. The van der Waals surface area contributed by atoms with Gasteiger partial charge in [0.15, 0.2) is 12.0 Å². The fraction of sp³-hybridized carbons (Fsp3) is 0.500. The fourth-order valence-corrected chi connectivity index (χ4v) is 3.82. The van der Waals surface area contributed by atoms with E-state index >= 15 is 0 Å². The standard InChI is InChI=1S/C10H14O3.C10H14O2.C5H4O2.C5H10O.I2/c1-10(11)4-6-13-9(7-10)8-3-2-5-12-8;1-8-4-6-12-10(7-8)9-3-2-5-11-9;6-4-5-2-1-3-7-5;1-5(2)3-4-6;1-2/h2-3,5,9,11H,4,6-7H2,1H3;2-3,5,8,10H,4,6-7H2,1H3;1-4H;6H,1,3-4H2,2H3;/p+1/t;8-,10?;;;/m.0.../s1. The van der Waals surface area contributed by atoms with Crippen molar-refractivity contribution in [3.8, 4) is 0 Å². The molecule has 2 fully saturated rings. The highest BCUT2D eigenvalue weighted by atomic mass is 128. The molecule has 2 N–H and O–H groups in total. The average Bonchev–Trinajstić information content (AvgIpc) is 3.74. The Kier molecular flexibility index (Phi) is 19.5. The summed E-state index contributed by atoms with van der Waals surface area (Å²) < 4.78 is 26.2. The van der Waals surface area contributed by atoms with E-state index in [9.17, 15) is 9.90 Å². The molecule has 40 heavy (non-hydrogen) atoms. The van der Waals surface area contributed by atoms with Gasteiger partial charge in [0.05, 0.1) is 31.0 Å². The first-order valence-corrected chi connectivity index (χ1v) is 19.4. The summed E-state index contributed by atoms with van der Waals surface area (Å²) in [6.45, 7) is 11.3. The monoisotopic (exact) mass is 785 g/mol. The number of hydrogen-bond donors (Lipinski definition) is 2. The lowest BCUT2D eigenvalue weighted by Gasteiger charge is -2.32. The Labute approximate surface area is 262 Å². The number of rotatable bonds is 5. The molecule has 5 heterocycles. The largest absolute Gasteiger partial charge is 1.00 e. The second kappa shape index (κ2) is 21.3. The molecule has 0 bridgehead atoms. The predicted molar refractivity (Wildman–Crippen MR) is 173 cm³/mol. The molecule has 10 heteroatoms. The van der Waals surface area contributed by atoms with Gasteiger partial charge < -0.3 is 32.9 Å². The molecule has 3 aromatic rings. The predicted octanol–water partition coefficient (Wildman–Crippen LogP) is 8.57. The highest BCUT2D eigenvalue weighted by Gasteiger charge is 2.32. The van der Waals surface area contributed by atoms with Crippen molar-refractivity contribution < 1.29 is 39.2 Å². The van der Waals surface area contributed by atoms with Crippen molar-refractivity contribution >= 4 is 43.5 Å². The van der Waals surface area contributed by atoms with E-state index in [-0.39, 0.29) is 20.2 Å². The van der Waals surface area contributed by atoms with Crippen molar-refractivity contribution in [3.05, 3.63) is 84.6 Å². The zero-order valence-corrected chi connectivity index (χ0v) is 27.8. The minimum Gasteiger partial charge on any atom is -0.467 e. The van der Waals surface area contributed by atoms with Crippen LogP contribution in [0.3, 0.4) is 0 Å². The van der Waals surface area contributed by atoms with E-state index in [1.165, 1.54) is 12.7 Å². The molecule has 4 atom stereocenters. The van der Waals surface area contributed by atoms with Crippen LogP contribution >= 0.6 is 37.2 Å². The van der Waals surface area contributed by atoms with Crippen molar-refractivity contribution in [1.82, 2.24) is 0 Å². The molecule has 0 saturated carbocycles. The Balaban J connectivity index is 0.000000529. The third-order valence-corrected chi connectivity index (χ3v) is 6.05. The Morgan fingerprint density at radius 1 is 1.05 bits per heavy atom. The summed E-state index contributed by atoms with van der Waals surface area (Å²) in [6, 6.07) is 10.9. The second-order valence-corrected chi connectivity index (χ2v) is 9.89. The van der Waals surface area contributed by atoms with E-state index in [0.717, 1.165) is 42.5 Å². The van der Waals surface area contributed by atoms with Gasteiger partial charge in [0.1, 0.15) is 23.7 Å². The molecule has 3 aromatic heterocycles. The quantitative estimate of drug-likeness (QED) is 0.150. The summed E-state index contributed by atoms with van der Waals surface area (Å²) in [5.41, 5.74) is 0.424. The molecule has 0 radical (unpaired) electrons. The molecule has 5 rings (SSSR count). The third kappa shape index (κ3) is 15.5. The molecule has 3 unspecified atom stereocenters. The van der Waals surface area contributed by atoms with Gasteiger partial charge in [0.25, 0.3) is 0 Å². The maximum Gasteiger partial charge on any atom is 1.00 e. The number of carbonyl (C=O) groups excluding carboxylic acids is 1. The van der Waals surface area contributed by atoms with Gasteiger partial charge in [-0.3, -0.25) is 4.79 Å². The lowest BCUT2D eigenvalue weighted by atomic mass is 9.92. The number of aliphatic hydroxyl groups excluding tert-OH is 1. The number of halogens is 2. The zero-order valence-electron chi connectivity index (χ0n) is 24.5. The normalized spacial score (nSPS) is 23.3. The molecule has 0 aliphatic carbocycles. The van der Waals surface area contributed by atoms with E-state index in [2.05, 4.69) is 55.2 Å². The molecule has 8 nitrogen and oxygen atoms in total. The second-order valence-electron chi connectivity index (χ2n) is 9.89. The average molecular weight is 785 g/mol. The number of hydrogen-bond acceptors (Lipinski definition) is 8. The number of aliphatic hydroxyl groups is 2. The van der Waals surface area contributed by atoms with Gasteiger partial charge in [-0.05, 0) is 81.8 Å². The highest BCUT2D eigenvalue weighted by molar-refractivity contribution is 15.0. The Hall–Kier alpha value is -1.45. The number of furan rings is 3. The van der Waals surface area contributed by atoms with Crippen molar-refractivity contribution in [3.63, 3.8) is 0 Å². The number of carbonyl (C=O) groups is 1. The summed E-state index contributed by atoms with van der Waals surface area (Å²) in [4.78, 5) is 9.77. The SMILES string of the molecule is C=C(C)CCO.CC1(O)CCOC(c2ccco2)C1.C[C@H]1CCOC(c2ccco2)C1.II.O=Cc1ccco1.[H+]. The summed E-state index contributed by atoms with van der Waals surface area (Å²) >= 11 is 4.24. The van der Waals surface area contributed by atoms with Crippen LogP contribution in [0, 0.1) is 5.92 Å². The molecular weight excluding hydrogens is 742 g/mol. The van der Waals surface area contributed by atoms with Crippen LogP contribution in [0.25, 0.3) is 0 Å². The lowest BCUT2D eigenvalue weighted by molar-refractivity contribution is -0.101. The van der Waals surface area contributed by atoms with Crippen molar-refractivity contribution in [2.24, 2.45) is 5.92 Å². The van der Waals surface area contributed by atoms with Crippen LogP contribution in [0.2, 0.25) is 0 Å². The smallest absolute Gasteiger partial charge is 0.467 e. The summed E-state index contributed by atoms with van der Waals surface area (Å²) in [7, 11) is 0. The minimum absolute atomic E-state index is 0. The summed E-state index contributed by atoms with van der Waals surface area (Å²) in [5.74, 6) is 2.91. The Bertz CT molecular complexity index is 1010. The van der Waals surface area contributed by atoms with Gasteiger partial charge in [-0.2, -0.15) is 0 Å². The van der Waals surface area contributed by atoms with Crippen LogP contribution in [0.15, 0.2) is 80.6 Å². The van der Waals surface area contributed by atoms with Gasteiger partial charge in [0, 0.05) is 56.9 Å². The molecule has 0 spiro atoms. The van der Waals surface area contributed by atoms with Crippen molar-refractivity contribution in [2.45, 2.75) is 70.7 Å². The van der Waals surface area contributed by atoms with Crippen LogP contribution in [-0.4, -0.2) is 41.9 Å². The summed E-state index contributed by atoms with van der Waals surface area (Å²) in [5, 5.41) is 18.0. The molecule has 2 saturated heterocycles. The molecule has 0 amide bonds.